The molecule has 20 heavy (non-hydrogen) atoms. The Morgan fingerprint density at radius 3 is 2.40 bits per heavy atom. The number of nitrogens with zero attached hydrogens (tertiary/aromatic N) is 2. The van der Waals surface area contributed by atoms with Crippen LogP contribution in [0.4, 0.5) is 11.6 Å². The number of rotatable bonds is 7. The lowest BCUT2D eigenvalue weighted by Gasteiger charge is -2.16. The van der Waals surface area contributed by atoms with Gasteiger partial charge in [-0.2, -0.15) is 0 Å². The fourth-order valence-electron chi connectivity index (χ4n) is 1.93. The predicted molar refractivity (Wildman–Crippen MR) is 84.9 cm³/mol. The van der Waals surface area contributed by atoms with Gasteiger partial charge in [0.25, 0.3) is 0 Å². The van der Waals surface area contributed by atoms with Crippen LogP contribution in [0.3, 0.4) is 0 Å². The maximum absolute atomic E-state index is 11.4. The Kier molecular flexibility index (Phi) is 4.96. The van der Waals surface area contributed by atoms with E-state index in [9.17, 15) is 4.21 Å². The lowest BCUT2D eigenvalue weighted by molar-refractivity contribution is 0.678. The SMILES string of the molecule is CCNc1nc(C2CC2)nc(NCC(C)S(C)=O)c1C. The summed E-state index contributed by atoms with van der Waals surface area (Å²) in [5, 5.41) is 6.74. The normalized spacial score (nSPS) is 17.6. The van der Waals surface area contributed by atoms with E-state index >= 15 is 0 Å². The fraction of sp³-hybridized carbons (Fsp3) is 0.714. The Balaban J connectivity index is 2.19. The third-order valence-electron chi connectivity index (χ3n) is 3.57. The van der Waals surface area contributed by atoms with Crippen LogP contribution in [0, 0.1) is 6.92 Å². The molecule has 1 saturated carbocycles. The molecule has 0 amide bonds. The third kappa shape index (κ3) is 3.69. The standard InChI is InChI=1S/C14H24N4OS/c1-5-15-12-10(3)13(16-8-9(2)20(4)19)18-14(17-12)11-6-7-11/h9,11H,5-8H2,1-4H3,(H2,15,16,17,18). The number of nitrogens with one attached hydrogen (secondary N) is 2. The van der Waals surface area contributed by atoms with Crippen molar-refractivity contribution in [2.24, 2.45) is 0 Å². The molecule has 0 aliphatic heterocycles. The van der Waals surface area contributed by atoms with Crippen molar-refractivity contribution in [2.45, 2.75) is 44.8 Å². The molecule has 1 aromatic heterocycles. The number of hydrogen-bond donors (Lipinski definition) is 2. The summed E-state index contributed by atoms with van der Waals surface area (Å²) in [5.74, 6) is 3.23. The molecule has 6 heteroatoms. The van der Waals surface area contributed by atoms with Gasteiger partial charge in [-0.3, -0.25) is 4.21 Å². The maximum Gasteiger partial charge on any atom is 0.136 e. The van der Waals surface area contributed by atoms with Gasteiger partial charge in [0.05, 0.1) is 0 Å². The third-order valence-corrected chi connectivity index (χ3v) is 4.87. The van der Waals surface area contributed by atoms with Crippen LogP contribution in [-0.4, -0.2) is 38.8 Å². The molecule has 2 unspecified atom stereocenters. The van der Waals surface area contributed by atoms with Gasteiger partial charge in [0, 0.05) is 46.9 Å². The zero-order valence-electron chi connectivity index (χ0n) is 12.7. The van der Waals surface area contributed by atoms with E-state index < -0.39 is 10.8 Å². The highest BCUT2D eigenvalue weighted by Gasteiger charge is 2.28. The smallest absolute Gasteiger partial charge is 0.136 e. The largest absolute Gasteiger partial charge is 0.370 e. The van der Waals surface area contributed by atoms with E-state index in [2.05, 4.69) is 27.5 Å². The minimum absolute atomic E-state index is 0.108. The molecule has 0 spiro atoms. The van der Waals surface area contributed by atoms with Crippen LogP contribution in [0.2, 0.25) is 0 Å². The van der Waals surface area contributed by atoms with Crippen molar-refractivity contribution in [1.82, 2.24) is 9.97 Å². The van der Waals surface area contributed by atoms with E-state index in [1.54, 1.807) is 6.26 Å². The molecule has 1 aliphatic rings. The molecular weight excluding hydrogens is 272 g/mol. The van der Waals surface area contributed by atoms with Gasteiger partial charge in [0.15, 0.2) is 0 Å². The summed E-state index contributed by atoms with van der Waals surface area (Å²) in [6.45, 7) is 7.57. The van der Waals surface area contributed by atoms with Crippen molar-refractivity contribution >= 4 is 22.4 Å². The summed E-state index contributed by atoms with van der Waals surface area (Å²) in [6.07, 6.45) is 4.10. The van der Waals surface area contributed by atoms with Crippen molar-refractivity contribution in [3.63, 3.8) is 0 Å². The molecule has 2 rings (SSSR count). The van der Waals surface area contributed by atoms with E-state index in [1.807, 2.05) is 13.8 Å². The average molecular weight is 296 g/mol. The van der Waals surface area contributed by atoms with E-state index in [0.29, 0.717) is 12.5 Å². The van der Waals surface area contributed by atoms with Crippen LogP contribution < -0.4 is 10.6 Å². The maximum atomic E-state index is 11.4. The highest BCUT2D eigenvalue weighted by Crippen LogP contribution is 2.39. The molecule has 2 atom stereocenters. The van der Waals surface area contributed by atoms with Gasteiger partial charge in [0.1, 0.15) is 17.5 Å². The minimum atomic E-state index is -0.823. The van der Waals surface area contributed by atoms with E-state index in [1.165, 1.54) is 12.8 Å². The second-order valence-electron chi connectivity index (χ2n) is 5.40. The molecule has 1 heterocycles. The van der Waals surface area contributed by atoms with Crippen LogP contribution in [0.5, 0.6) is 0 Å². The first-order valence-electron chi connectivity index (χ1n) is 7.21. The molecule has 0 bridgehead atoms. The van der Waals surface area contributed by atoms with Crippen LogP contribution >= 0.6 is 0 Å². The lowest BCUT2D eigenvalue weighted by atomic mass is 10.2. The minimum Gasteiger partial charge on any atom is -0.370 e. The van der Waals surface area contributed by atoms with Crippen molar-refractivity contribution in [3.8, 4) is 0 Å². The first-order chi connectivity index (χ1) is 9.52. The molecule has 1 aliphatic carbocycles. The highest BCUT2D eigenvalue weighted by atomic mass is 32.2. The van der Waals surface area contributed by atoms with Gasteiger partial charge < -0.3 is 10.6 Å². The van der Waals surface area contributed by atoms with Gasteiger partial charge in [0.2, 0.25) is 0 Å². The molecule has 0 radical (unpaired) electrons. The second kappa shape index (κ2) is 6.52. The zero-order chi connectivity index (χ0) is 14.7. The summed E-state index contributed by atoms with van der Waals surface area (Å²) >= 11 is 0. The van der Waals surface area contributed by atoms with E-state index in [4.69, 9.17) is 0 Å². The molecule has 0 aromatic carbocycles. The molecule has 112 valence electrons. The van der Waals surface area contributed by atoms with E-state index in [-0.39, 0.29) is 5.25 Å². The lowest BCUT2D eigenvalue weighted by Crippen LogP contribution is -2.22. The van der Waals surface area contributed by atoms with Crippen LogP contribution in [-0.2, 0) is 10.8 Å². The topological polar surface area (TPSA) is 66.9 Å². The van der Waals surface area contributed by atoms with E-state index in [0.717, 1.165) is 29.6 Å². The summed E-state index contributed by atoms with van der Waals surface area (Å²) in [5.41, 5.74) is 1.03. The van der Waals surface area contributed by atoms with Gasteiger partial charge in [-0.1, -0.05) is 0 Å². The summed E-state index contributed by atoms with van der Waals surface area (Å²) in [6, 6.07) is 0. The van der Waals surface area contributed by atoms with Gasteiger partial charge in [-0.15, -0.1) is 0 Å². The summed E-state index contributed by atoms with van der Waals surface area (Å²) in [7, 11) is -0.823. The zero-order valence-corrected chi connectivity index (χ0v) is 13.5. The van der Waals surface area contributed by atoms with Crippen LogP contribution in [0.15, 0.2) is 0 Å². The number of aromatic nitrogens is 2. The average Bonchev–Trinajstić information content (AvgIpc) is 3.23. The number of hydrogen-bond acceptors (Lipinski definition) is 5. The van der Waals surface area contributed by atoms with Gasteiger partial charge in [-0.25, -0.2) is 9.97 Å². The van der Waals surface area contributed by atoms with Gasteiger partial charge >= 0.3 is 0 Å². The highest BCUT2D eigenvalue weighted by molar-refractivity contribution is 7.84. The molecule has 5 nitrogen and oxygen atoms in total. The van der Waals surface area contributed by atoms with Crippen molar-refractivity contribution in [1.29, 1.82) is 0 Å². The monoisotopic (exact) mass is 296 g/mol. The fourth-order valence-corrected chi connectivity index (χ4v) is 2.25. The molecule has 1 aromatic rings. The predicted octanol–water partition coefficient (Wildman–Crippen LogP) is 2.27. The first-order valence-corrected chi connectivity index (χ1v) is 8.83. The Morgan fingerprint density at radius 2 is 1.90 bits per heavy atom. The van der Waals surface area contributed by atoms with Gasteiger partial charge in [-0.05, 0) is 33.6 Å². The Labute approximate surface area is 123 Å². The molecular formula is C14H24N4OS. The summed E-state index contributed by atoms with van der Waals surface area (Å²) < 4.78 is 11.4. The Bertz CT molecular complexity index is 502. The van der Waals surface area contributed by atoms with Crippen molar-refractivity contribution in [3.05, 3.63) is 11.4 Å². The van der Waals surface area contributed by atoms with Crippen molar-refractivity contribution in [2.75, 3.05) is 30.0 Å². The molecule has 2 N–H and O–H groups in total. The Morgan fingerprint density at radius 1 is 1.30 bits per heavy atom. The quantitative estimate of drug-likeness (QED) is 0.808. The first kappa shape index (κ1) is 15.2. The summed E-state index contributed by atoms with van der Waals surface area (Å²) in [4.78, 5) is 9.27. The second-order valence-corrected chi connectivity index (χ2v) is 7.20. The van der Waals surface area contributed by atoms with Crippen LogP contribution in [0.1, 0.15) is 44.0 Å². The Hall–Kier alpha value is -1.17. The molecule has 0 saturated heterocycles. The van der Waals surface area contributed by atoms with Crippen molar-refractivity contribution < 1.29 is 4.21 Å². The van der Waals surface area contributed by atoms with Crippen LogP contribution in [0.25, 0.3) is 0 Å². The molecule has 1 fully saturated rings. The number of anilines is 2.